The lowest BCUT2D eigenvalue weighted by atomic mass is 10.2. The van der Waals surface area contributed by atoms with Crippen molar-refractivity contribution in [1.29, 1.82) is 0 Å². The van der Waals surface area contributed by atoms with Gasteiger partial charge in [0.2, 0.25) is 5.91 Å². The number of ether oxygens (including phenoxy) is 1. The molecule has 0 bridgehead atoms. The van der Waals surface area contributed by atoms with Crippen molar-refractivity contribution in [2.24, 2.45) is 5.92 Å². The lowest BCUT2D eigenvalue weighted by Gasteiger charge is -2.29. The number of fused-ring (bicyclic) bond motifs is 1. The molecule has 2 rings (SSSR count). The first-order valence-electron chi connectivity index (χ1n) is 6.57. The van der Waals surface area contributed by atoms with E-state index < -0.39 is 0 Å². The van der Waals surface area contributed by atoms with Gasteiger partial charge in [-0.2, -0.15) is 0 Å². The van der Waals surface area contributed by atoms with Crippen LogP contribution in [0.25, 0.3) is 0 Å². The van der Waals surface area contributed by atoms with E-state index in [9.17, 15) is 9.59 Å². The Kier molecular flexibility index (Phi) is 4.12. The molecule has 0 fully saturated rings. The zero-order valence-electron chi connectivity index (χ0n) is 11.7. The molecule has 1 heterocycles. The molecule has 3 N–H and O–H groups in total. The molecule has 0 radical (unpaired) electrons. The number of nitrogens with one attached hydrogen (secondary N) is 1. The van der Waals surface area contributed by atoms with Crippen LogP contribution >= 0.6 is 0 Å². The maximum absolute atomic E-state index is 11.9. The summed E-state index contributed by atoms with van der Waals surface area (Å²) >= 11 is 0. The number of para-hydroxylation sites is 1. The molecule has 1 aliphatic rings. The van der Waals surface area contributed by atoms with Crippen molar-refractivity contribution in [1.82, 2.24) is 5.32 Å². The summed E-state index contributed by atoms with van der Waals surface area (Å²) in [6, 6.07) is 5.15. The molecule has 0 atom stereocenters. The fraction of sp³-hybridized carbons (Fsp3) is 0.429. The quantitative estimate of drug-likeness (QED) is 0.796. The van der Waals surface area contributed by atoms with E-state index in [1.54, 1.807) is 18.2 Å². The minimum atomic E-state index is -0.247. The lowest BCUT2D eigenvalue weighted by molar-refractivity contribution is -0.125. The van der Waals surface area contributed by atoms with E-state index in [2.05, 4.69) is 5.32 Å². The Morgan fingerprint density at radius 3 is 2.95 bits per heavy atom. The Morgan fingerprint density at radius 1 is 1.50 bits per heavy atom. The van der Waals surface area contributed by atoms with Gasteiger partial charge >= 0.3 is 0 Å². The Balaban J connectivity index is 2.14. The molecule has 0 saturated heterocycles. The first kappa shape index (κ1) is 14.2. The number of nitrogens with zero attached hydrogens (tertiary/aromatic N) is 1. The van der Waals surface area contributed by atoms with Gasteiger partial charge in [-0.3, -0.25) is 14.5 Å². The molecule has 108 valence electrons. The van der Waals surface area contributed by atoms with Crippen LogP contribution in [-0.2, 0) is 9.59 Å². The number of rotatable bonds is 4. The number of carbonyl (C=O) groups excluding carboxylic acids is 2. The van der Waals surface area contributed by atoms with Crippen LogP contribution in [0.4, 0.5) is 11.4 Å². The van der Waals surface area contributed by atoms with Gasteiger partial charge in [-0.15, -0.1) is 0 Å². The maximum Gasteiger partial charge on any atom is 0.265 e. The van der Waals surface area contributed by atoms with E-state index in [1.165, 1.54) is 4.90 Å². The summed E-state index contributed by atoms with van der Waals surface area (Å²) in [4.78, 5) is 25.2. The molecule has 0 spiro atoms. The third kappa shape index (κ3) is 3.01. The van der Waals surface area contributed by atoms with Gasteiger partial charge in [0.25, 0.3) is 5.91 Å². The van der Waals surface area contributed by atoms with Crippen molar-refractivity contribution in [3.8, 4) is 5.75 Å². The topological polar surface area (TPSA) is 84.7 Å². The molecule has 1 aliphatic heterocycles. The number of amides is 2. The monoisotopic (exact) mass is 277 g/mol. The first-order chi connectivity index (χ1) is 9.49. The predicted molar refractivity (Wildman–Crippen MR) is 76.6 cm³/mol. The number of nitrogens with two attached hydrogens (primary N) is 1. The van der Waals surface area contributed by atoms with Gasteiger partial charge in [0.1, 0.15) is 6.54 Å². The molecule has 20 heavy (non-hydrogen) atoms. The van der Waals surface area contributed by atoms with Gasteiger partial charge in [-0.25, -0.2) is 0 Å². The highest BCUT2D eigenvalue weighted by Crippen LogP contribution is 2.36. The average Bonchev–Trinajstić information content (AvgIpc) is 2.40. The van der Waals surface area contributed by atoms with Crippen molar-refractivity contribution in [3.05, 3.63) is 18.2 Å². The van der Waals surface area contributed by atoms with E-state index in [-0.39, 0.29) is 25.0 Å². The number of benzene rings is 1. The van der Waals surface area contributed by atoms with Gasteiger partial charge in [-0.1, -0.05) is 19.9 Å². The smallest absolute Gasteiger partial charge is 0.265 e. The summed E-state index contributed by atoms with van der Waals surface area (Å²) in [7, 11) is 0. The average molecular weight is 277 g/mol. The summed E-state index contributed by atoms with van der Waals surface area (Å²) in [6.45, 7) is 4.48. The minimum Gasteiger partial charge on any atom is -0.479 e. The van der Waals surface area contributed by atoms with Crippen molar-refractivity contribution in [2.75, 3.05) is 30.3 Å². The van der Waals surface area contributed by atoms with Gasteiger partial charge in [0.05, 0.1) is 11.4 Å². The fourth-order valence-corrected chi connectivity index (χ4v) is 1.95. The second-order valence-electron chi connectivity index (χ2n) is 5.16. The molecule has 6 nitrogen and oxygen atoms in total. The van der Waals surface area contributed by atoms with Crippen LogP contribution in [0.15, 0.2) is 18.2 Å². The Morgan fingerprint density at radius 2 is 2.25 bits per heavy atom. The highest BCUT2D eigenvalue weighted by atomic mass is 16.5. The zero-order chi connectivity index (χ0) is 14.7. The minimum absolute atomic E-state index is 0.0225. The van der Waals surface area contributed by atoms with Gasteiger partial charge in [0.15, 0.2) is 12.4 Å². The molecule has 0 saturated carbocycles. The fourth-order valence-electron chi connectivity index (χ4n) is 1.95. The maximum atomic E-state index is 11.9. The molecule has 0 aliphatic carbocycles. The van der Waals surface area contributed by atoms with Gasteiger partial charge in [-0.05, 0) is 18.1 Å². The van der Waals surface area contributed by atoms with Crippen molar-refractivity contribution in [3.63, 3.8) is 0 Å². The van der Waals surface area contributed by atoms with Crippen LogP contribution in [0.5, 0.6) is 5.75 Å². The lowest BCUT2D eigenvalue weighted by Crippen LogP contribution is -2.45. The largest absolute Gasteiger partial charge is 0.479 e. The first-order valence-corrected chi connectivity index (χ1v) is 6.57. The zero-order valence-corrected chi connectivity index (χ0v) is 11.7. The number of carbonyl (C=O) groups is 2. The van der Waals surface area contributed by atoms with Gasteiger partial charge in [0, 0.05) is 6.54 Å². The Hall–Kier alpha value is -2.24. The third-order valence-corrected chi connectivity index (χ3v) is 2.97. The Bertz CT molecular complexity index is 528. The molecule has 0 unspecified atom stereocenters. The van der Waals surface area contributed by atoms with E-state index in [4.69, 9.17) is 10.5 Å². The summed E-state index contributed by atoms with van der Waals surface area (Å²) < 4.78 is 5.33. The number of hydrogen-bond donors (Lipinski definition) is 2. The van der Waals surface area contributed by atoms with E-state index in [0.717, 1.165) is 0 Å². The number of hydrogen-bond acceptors (Lipinski definition) is 4. The van der Waals surface area contributed by atoms with Crippen LogP contribution in [0.1, 0.15) is 13.8 Å². The van der Waals surface area contributed by atoms with Crippen LogP contribution in [0.3, 0.4) is 0 Å². The van der Waals surface area contributed by atoms with Crippen molar-refractivity contribution < 1.29 is 14.3 Å². The Labute approximate surface area is 117 Å². The molecule has 0 aromatic heterocycles. The van der Waals surface area contributed by atoms with Crippen LogP contribution in [0, 0.1) is 5.92 Å². The van der Waals surface area contributed by atoms with Gasteiger partial charge < -0.3 is 15.8 Å². The van der Waals surface area contributed by atoms with E-state index >= 15 is 0 Å². The number of anilines is 2. The molecular formula is C14H19N3O3. The SMILES string of the molecule is CC(C)CNC(=O)CN1C(=O)COc2c(N)cccc21. The third-order valence-electron chi connectivity index (χ3n) is 2.97. The normalized spacial score (nSPS) is 13.9. The highest BCUT2D eigenvalue weighted by Gasteiger charge is 2.28. The summed E-state index contributed by atoms with van der Waals surface area (Å²) in [6.07, 6.45) is 0. The second kappa shape index (κ2) is 5.81. The van der Waals surface area contributed by atoms with Crippen molar-refractivity contribution in [2.45, 2.75) is 13.8 Å². The summed E-state index contributed by atoms with van der Waals surface area (Å²) in [5.74, 6) is 0.385. The molecular weight excluding hydrogens is 258 g/mol. The standard InChI is InChI=1S/C14H19N3O3/c1-9(2)6-16-12(18)7-17-11-5-3-4-10(15)14(11)20-8-13(17)19/h3-5,9H,6-8,15H2,1-2H3,(H,16,18). The highest BCUT2D eigenvalue weighted by molar-refractivity contribution is 6.03. The molecule has 1 aromatic rings. The second-order valence-corrected chi connectivity index (χ2v) is 5.16. The van der Waals surface area contributed by atoms with Crippen LogP contribution < -0.4 is 20.7 Å². The predicted octanol–water partition coefficient (Wildman–Crippen LogP) is 0.766. The summed E-state index contributed by atoms with van der Waals surface area (Å²) in [5.41, 5.74) is 6.82. The van der Waals surface area contributed by atoms with Crippen LogP contribution in [0.2, 0.25) is 0 Å². The van der Waals surface area contributed by atoms with E-state index in [1.807, 2.05) is 13.8 Å². The van der Waals surface area contributed by atoms with E-state index in [0.29, 0.717) is 29.6 Å². The summed E-state index contributed by atoms with van der Waals surface area (Å²) in [5, 5.41) is 2.79. The molecule has 1 aromatic carbocycles. The van der Waals surface area contributed by atoms with Crippen LogP contribution in [-0.4, -0.2) is 31.5 Å². The molecule has 6 heteroatoms. The van der Waals surface area contributed by atoms with Crippen molar-refractivity contribution >= 4 is 23.2 Å². The molecule has 2 amide bonds. The number of nitrogen functional groups attached to an aromatic ring is 1.